The molecule has 0 radical (unpaired) electrons. The van der Waals surface area contributed by atoms with Crippen LogP contribution in [-0.2, 0) is 10.0 Å². The number of pyridine rings is 1. The maximum absolute atomic E-state index is 12.6. The van der Waals surface area contributed by atoms with E-state index in [1.165, 1.54) is 16.8 Å². The fourth-order valence-electron chi connectivity index (χ4n) is 3.23. The molecular formula is C17H17N9O2S. The highest BCUT2D eigenvalue weighted by molar-refractivity contribution is 7.89. The Bertz CT molecular complexity index is 1250. The molecule has 5 heterocycles. The first-order valence-corrected chi connectivity index (χ1v) is 10.3. The molecule has 1 N–H and O–H groups in total. The summed E-state index contributed by atoms with van der Waals surface area (Å²) in [6.07, 6.45) is 6.06. The molecule has 0 aromatic carbocycles. The lowest BCUT2D eigenvalue weighted by molar-refractivity contribution is 0.308. The normalized spacial score (nSPS) is 15.2. The van der Waals surface area contributed by atoms with Gasteiger partial charge in [-0.1, -0.05) is 0 Å². The molecule has 0 atom stereocenters. The number of hydrogen-bond acceptors (Lipinski definition) is 8. The third-order valence-electron chi connectivity index (χ3n) is 5.00. The number of aromatic amines is 1. The predicted octanol–water partition coefficient (Wildman–Crippen LogP) is 0.419. The second kappa shape index (κ2) is 6.60. The Morgan fingerprint density at radius 1 is 1.14 bits per heavy atom. The fourth-order valence-corrected chi connectivity index (χ4v) is 4.46. The van der Waals surface area contributed by atoms with Gasteiger partial charge in [-0.25, -0.2) is 13.4 Å². The standard InChI is InChI=1S/C17H17N9O2S/c1-24(29(27,28)16-8-19-11-20-16)13-9-25(10-13)15-5-4-14-21-22-17(26(14)23-15)12-3-2-6-18-7-12/h2-8,11,13H,9-10H2,1H3,(H,19,20). The van der Waals surface area contributed by atoms with Crippen molar-refractivity contribution in [3.8, 4) is 11.4 Å². The Labute approximate surface area is 166 Å². The van der Waals surface area contributed by atoms with Crippen LogP contribution in [0, 0.1) is 0 Å². The molecule has 0 unspecified atom stereocenters. The zero-order valence-electron chi connectivity index (χ0n) is 15.4. The first kappa shape index (κ1) is 17.7. The van der Waals surface area contributed by atoms with Crippen LogP contribution in [0.25, 0.3) is 17.0 Å². The predicted molar refractivity (Wildman–Crippen MR) is 104 cm³/mol. The van der Waals surface area contributed by atoms with E-state index in [0.29, 0.717) is 24.6 Å². The van der Waals surface area contributed by atoms with Crippen LogP contribution in [0.4, 0.5) is 5.82 Å². The first-order valence-electron chi connectivity index (χ1n) is 8.88. The average molecular weight is 411 g/mol. The van der Waals surface area contributed by atoms with Gasteiger partial charge in [-0.2, -0.15) is 8.82 Å². The van der Waals surface area contributed by atoms with Crippen LogP contribution < -0.4 is 4.90 Å². The van der Waals surface area contributed by atoms with Crippen molar-refractivity contribution in [3.05, 3.63) is 49.2 Å². The van der Waals surface area contributed by atoms with Crippen molar-refractivity contribution in [2.24, 2.45) is 0 Å². The van der Waals surface area contributed by atoms with Crippen molar-refractivity contribution >= 4 is 21.5 Å². The molecule has 1 aliphatic rings. The van der Waals surface area contributed by atoms with E-state index in [4.69, 9.17) is 0 Å². The van der Waals surface area contributed by atoms with Gasteiger partial charge in [-0.05, 0) is 24.3 Å². The van der Waals surface area contributed by atoms with Crippen molar-refractivity contribution in [1.82, 2.24) is 39.1 Å². The van der Waals surface area contributed by atoms with Gasteiger partial charge in [0.05, 0.1) is 18.6 Å². The van der Waals surface area contributed by atoms with E-state index in [1.54, 1.807) is 24.0 Å². The highest BCUT2D eigenvalue weighted by Crippen LogP contribution is 2.26. The minimum atomic E-state index is -3.59. The molecule has 11 nitrogen and oxygen atoms in total. The molecule has 1 saturated heterocycles. The van der Waals surface area contributed by atoms with Crippen molar-refractivity contribution in [2.45, 2.75) is 11.1 Å². The number of nitrogens with zero attached hydrogens (tertiary/aromatic N) is 8. The summed E-state index contributed by atoms with van der Waals surface area (Å²) < 4.78 is 28.3. The average Bonchev–Trinajstić information content (AvgIpc) is 3.37. The number of sulfonamides is 1. The molecule has 0 saturated carbocycles. The Hall–Kier alpha value is -3.38. The molecule has 0 spiro atoms. The summed E-state index contributed by atoms with van der Waals surface area (Å²) in [4.78, 5) is 12.6. The Balaban J connectivity index is 1.37. The SMILES string of the molecule is CN(C1CN(c2ccc3nnc(-c4cccnc4)n3n2)C1)S(=O)(=O)c1cnc[nH]1. The number of H-pyrrole nitrogens is 1. The van der Waals surface area contributed by atoms with Gasteiger partial charge in [-0.3, -0.25) is 4.98 Å². The lowest BCUT2D eigenvalue weighted by Crippen LogP contribution is -2.60. The van der Waals surface area contributed by atoms with E-state index >= 15 is 0 Å². The van der Waals surface area contributed by atoms with Crippen molar-refractivity contribution < 1.29 is 8.42 Å². The summed E-state index contributed by atoms with van der Waals surface area (Å²) in [5.41, 5.74) is 1.44. The highest BCUT2D eigenvalue weighted by atomic mass is 32.2. The summed E-state index contributed by atoms with van der Waals surface area (Å²) in [6, 6.07) is 7.27. The van der Waals surface area contributed by atoms with Crippen LogP contribution in [0.5, 0.6) is 0 Å². The van der Waals surface area contributed by atoms with Gasteiger partial charge in [0.15, 0.2) is 16.5 Å². The molecular weight excluding hydrogens is 394 g/mol. The quantitative estimate of drug-likeness (QED) is 0.501. The molecule has 1 fully saturated rings. The Morgan fingerprint density at radius 2 is 2.00 bits per heavy atom. The van der Waals surface area contributed by atoms with Crippen LogP contribution >= 0.6 is 0 Å². The number of imidazole rings is 1. The molecule has 4 aromatic heterocycles. The van der Waals surface area contributed by atoms with Gasteiger partial charge in [-0.15, -0.1) is 15.3 Å². The van der Waals surface area contributed by atoms with Gasteiger partial charge in [0.1, 0.15) is 5.82 Å². The van der Waals surface area contributed by atoms with E-state index in [9.17, 15) is 8.42 Å². The molecule has 4 aromatic rings. The number of anilines is 1. The van der Waals surface area contributed by atoms with Crippen LogP contribution in [0.2, 0.25) is 0 Å². The molecule has 0 aliphatic carbocycles. The third kappa shape index (κ3) is 2.93. The van der Waals surface area contributed by atoms with Crippen LogP contribution in [0.15, 0.2) is 54.2 Å². The molecule has 1 aliphatic heterocycles. The number of hydrogen-bond donors (Lipinski definition) is 1. The van der Waals surface area contributed by atoms with Gasteiger partial charge in [0.2, 0.25) is 0 Å². The monoisotopic (exact) mass is 411 g/mol. The van der Waals surface area contributed by atoms with Crippen molar-refractivity contribution in [3.63, 3.8) is 0 Å². The smallest absolute Gasteiger partial charge is 0.260 e. The van der Waals surface area contributed by atoms with Crippen LogP contribution in [0.3, 0.4) is 0 Å². The molecule has 5 rings (SSSR count). The number of rotatable bonds is 5. The largest absolute Gasteiger partial charge is 0.352 e. The fraction of sp³-hybridized carbons (Fsp3) is 0.235. The van der Waals surface area contributed by atoms with Crippen LogP contribution in [0.1, 0.15) is 0 Å². The lowest BCUT2D eigenvalue weighted by atomic mass is 10.1. The summed E-state index contributed by atoms with van der Waals surface area (Å²) >= 11 is 0. The second-order valence-electron chi connectivity index (χ2n) is 6.72. The third-order valence-corrected chi connectivity index (χ3v) is 6.83. The number of aromatic nitrogens is 7. The summed E-state index contributed by atoms with van der Waals surface area (Å²) in [5.74, 6) is 1.33. The second-order valence-corrected chi connectivity index (χ2v) is 8.69. The number of nitrogens with one attached hydrogen (secondary N) is 1. The zero-order chi connectivity index (χ0) is 20.0. The Kier molecular flexibility index (Phi) is 4.03. The topological polar surface area (TPSA) is 125 Å². The highest BCUT2D eigenvalue weighted by Gasteiger charge is 2.38. The minimum absolute atomic E-state index is 0.0867. The van der Waals surface area contributed by atoms with Gasteiger partial charge < -0.3 is 9.88 Å². The van der Waals surface area contributed by atoms with E-state index in [-0.39, 0.29) is 11.1 Å². The summed E-state index contributed by atoms with van der Waals surface area (Å²) in [5, 5.41) is 13.1. The Morgan fingerprint density at radius 3 is 2.72 bits per heavy atom. The molecule has 12 heteroatoms. The summed E-state index contributed by atoms with van der Waals surface area (Å²) in [7, 11) is -2.02. The van der Waals surface area contributed by atoms with E-state index in [0.717, 1.165) is 11.4 Å². The van der Waals surface area contributed by atoms with Crippen molar-refractivity contribution in [1.29, 1.82) is 0 Å². The zero-order valence-corrected chi connectivity index (χ0v) is 16.2. The summed E-state index contributed by atoms with van der Waals surface area (Å²) in [6.45, 7) is 1.07. The lowest BCUT2D eigenvalue weighted by Gasteiger charge is -2.43. The molecule has 29 heavy (non-hydrogen) atoms. The molecule has 148 valence electrons. The maximum Gasteiger partial charge on any atom is 0.260 e. The number of fused-ring (bicyclic) bond motifs is 1. The molecule has 0 amide bonds. The van der Waals surface area contributed by atoms with Gasteiger partial charge >= 0.3 is 0 Å². The van der Waals surface area contributed by atoms with Gasteiger partial charge in [0, 0.05) is 38.1 Å². The minimum Gasteiger partial charge on any atom is -0.352 e. The van der Waals surface area contributed by atoms with Crippen molar-refractivity contribution in [2.75, 3.05) is 25.0 Å². The molecule has 0 bridgehead atoms. The van der Waals surface area contributed by atoms with E-state index < -0.39 is 10.0 Å². The van der Waals surface area contributed by atoms with Gasteiger partial charge in [0.25, 0.3) is 10.0 Å². The number of likely N-dealkylation sites (N-methyl/N-ethyl adjacent to an activating group) is 1. The van der Waals surface area contributed by atoms with E-state index in [1.807, 2.05) is 29.2 Å². The first-order chi connectivity index (χ1) is 14.0. The van der Waals surface area contributed by atoms with Crippen LogP contribution in [-0.4, -0.2) is 73.7 Å². The maximum atomic E-state index is 12.6. The van der Waals surface area contributed by atoms with E-state index in [2.05, 4.69) is 30.2 Å².